The predicted molar refractivity (Wildman–Crippen MR) is 96.3 cm³/mol. The van der Waals surface area contributed by atoms with Crippen LogP contribution in [0.1, 0.15) is 23.4 Å². The van der Waals surface area contributed by atoms with Gasteiger partial charge in [0.2, 0.25) is 12.7 Å². The lowest BCUT2D eigenvalue weighted by Gasteiger charge is -2.34. The molecule has 1 aromatic carbocycles. The van der Waals surface area contributed by atoms with E-state index in [1.54, 1.807) is 11.8 Å². The summed E-state index contributed by atoms with van der Waals surface area (Å²) >= 11 is 0. The summed E-state index contributed by atoms with van der Waals surface area (Å²) in [5, 5.41) is 3.83. The average molecular weight is 392 g/mol. The normalized spacial score (nSPS) is 16.8. The van der Waals surface area contributed by atoms with Crippen LogP contribution in [0.25, 0.3) is 0 Å². The van der Waals surface area contributed by atoms with Gasteiger partial charge in [-0.15, -0.1) is 0 Å². The Hall–Kier alpha value is -2.68. The van der Waals surface area contributed by atoms with Gasteiger partial charge in [-0.25, -0.2) is 8.78 Å². The van der Waals surface area contributed by atoms with Crippen LogP contribution in [0.2, 0.25) is 0 Å². The Morgan fingerprint density at radius 3 is 2.61 bits per heavy atom. The maximum atomic E-state index is 12.8. The number of hydrogen-bond donors (Lipinski definition) is 0. The molecular weight excluding hydrogens is 370 g/mol. The second kappa shape index (κ2) is 7.75. The van der Waals surface area contributed by atoms with Gasteiger partial charge >= 0.3 is 0 Å². The molecule has 2 aliphatic rings. The molecule has 4 rings (SSSR count). The molecule has 150 valence electrons. The first kappa shape index (κ1) is 18.7. The van der Waals surface area contributed by atoms with Crippen LogP contribution in [0, 0.1) is 6.92 Å². The number of hydrogen-bond acceptors (Lipinski definition) is 5. The fraction of sp³-hybridized carbons (Fsp3) is 0.474. The monoisotopic (exact) mass is 392 g/mol. The van der Waals surface area contributed by atoms with Gasteiger partial charge in [0, 0.05) is 38.4 Å². The minimum atomic E-state index is -2.63. The van der Waals surface area contributed by atoms with E-state index in [9.17, 15) is 13.6 Å². The lowest BCUT2D eigenvalue weighted by Crippen LogP contribution is -2.49. The molecule has 9 heteroatoms. The number of carbonyl (C=O) groups is 1. The standard InChI is InChI=1S/C19H22F2N4O3/c1-13-8-15(19(20)21)22-25(13)11-18(26)24-6-4-23(5-7-24)10-14-2-3-16-17(9-14)28-12-27-16/h2-3,8-9,19H,4-7,10-12H2,1H3. The van der Waals surface area contributed by atoms with Gasteiger partial charge in [0.15, 0.2) is 11.5 Å². The van der Waals surface area contributed by atoms with Crippen LogP contribution in [0.5, 0.6) is 11.5 Å². The van der Waals surface area contributed by atoms with Crippen molar-refractivity contribution in [2.75, 3.05) is 33.0 Å². The lowest BCUT2D eigenvalue weighted by molar-refractivity contribution is -0.133. The predicted octanol–water partition coefficient (Wildman–Crippen LogP) is 2.20. The maximum absolute atomic E-state index is 12.8. The zero-order valence-electron chi connectivity index (χ0n) is 15.6. The molecule has 1 aromatic heterocycles. The number of rotatable bonds is 5. The minimum absolute atomic E-state index is 0.0132. The van der Waals surface area contributed by atoms with E-state index in [4.69, 9.17) is 9.47 Å². The molecule has 0 aliphatic carbocycles. The molecule has 7 nitrogen and oxygen atoms in total. The topological polar surface area (TPSA) is 59.8 Å². The summed E-state index contributed by atoms with van der Waals surface area (Å²) in [6.07, 6.45) is -2.63. The molecule has 0 bridgehead atoms. The van der Waals surface area contributed by atoms with Crippen LogP contribution in [0.4, 0.5) is 8.78 Å². The van der Waals surface area contributed by atoms with Gasteiger partial charge in [-0.05, 0) is 30.7 Å². The first-order chi connectivity index (χ1) is 13.5. The zero-order valence-corrected chi connectivity index (χ0v) is 15.6. The summed E-state index contributed by atoms with van der Waals surface area (Å²) in [5.41, 5.74) is 1.40. The summed E-state index contributed by atoms with van der Waals surface area (Å²) in [6.45, 7) is 5.40. The SMILES string of the molecule is Cc1cc(C(F)F)nn1CC(=O)N1CCN(Cc2ccc3c(c2)OCO3)CC1. The van der Waals surface area contributed by atoms with Crippen molar-refractivity contribution in [1.82, 2.24) is 19.6 Å². The van der Waals surface area contributed by atoms with E-state index in [1.807, 2.05) is 18.2 Å². The van der Waals surface area contributed by atoms with Crippen LogP contribution < -0.4 is 9.47 Å². The van der Waals surface area contributed by atoms with Gasteiger partial charge in [-0.3, -0.25) is 14.4 Å². The maximum Gasteiger partial charge on any atom is 0.282 e. The number of piperazine rings is 1. The molecule has 0 unspecified atom stereocenters. The summed E-state index contributed by atoms with van der Waals surface area (Å²) in [4.78, 5) is 16.6. The lowest BCUT2D eigenvalue weighted by atomic mass is 10.1. The summed E-state index contributed by atoms with van der Waals surface area (Å²) in [5.74, 6) is 1.43. The number of halogens is 2. The second-order valence-corrected chi connectivity index (χ2v) is 7.01. The Bertz CT molecular complexity index is 863. The minimum Gasteiger partial charge on any atom is -0.454 e. The number of ether oxygens (including phenoxy) is 2. The summed E-state index contributed by atoms with van der Waals surface area (Å²) < 4.78 is 37.6. The van der Waals surface area contributed by atoms with Crippen LogP contribution in [-0.2, 0) is 17.9 Å². The Kier molecular flexibility index (Phi) is 5.17. The van der Waals surface area contributed by atoms with E-state index in [0.717, 1.165) is 36.7 Å². The first-order valence-electron chi connectivity index (χ1n) is 9.21. The fourth-order valence-electron chi connectivity index (χ4n) is 3.48. The van der Waals surface area contributed by atoms with Gasteiger partial charge in [0.05, 0.1) is 0 Å². The molecule has 0 spiro atoms. The number of carbonyl (C=O) groups excluding carboxylic acids is 1. The number of fused-ring (bicyclic) bond motifs is 1. The molecular formula is C19H22F2N4O3. The van der Waals surface area contributed by atoms with Gasteiger partial charge in [-0.1, -0.05) is 6.07 Å². The largest absolute Gasteiger partial charge is 0.454 e. The van der Waals surface area contributed by atoms with Gasteiger partial charge < -0.3 is 14.4 Å². The van der Waals surface area contributed by atoms with E-state index in [-0.39, 0.29) is 24.9 Å². The molecule has 1 amide bonds. The highest BCUT2D eigenvalue weighted by Crippen LogP contribution is 2.32. The van der Waals surface area contributed by atoms with E-state index in [0.29, 0.717) is 18.8 Å². The Morgan fingerprint density at radius 1 is 1.14 bits per heavy atom. The van der Waals surface area contributed by atoms with Crippen LogP contribution in [0.3, 0.4) is 0 Å². The molecule has 28 heavy (non-hydrogen) atoms. The molecule has 0 radical (unpaired) electrons. The third-order valence-electron chi connectivity index (χ3n) is 5.08. The molecule has 0 saturated carbocycles. The highest BCUT2D eigenvalue weighted by Gasteiger charge is 2.23. The molecule has 0 N–H and O–H groups in total. The van der Waals surface area contributed by atoms with Crippen molar-refractivity contribution in [3.8, 4) is 11.5 Å². The van der Waals surface area contributed by atoms with Crippen molar-refractivity contribution < 1.29 is 23.0 Å². The number of aromatic nitrogens is 2. The molecule has 2 aromatic rings. The third kappa shape index (κ3) is 3.94. The molecule has 0 atom stereocenters. The van der Waals surface area contributed by atoms with Crippen molar-refractivity contribution in [1.29, 1.82) is 0 Å². The number of alkyl halides is 2. The number of amides is 1. The van der Waals surface area contributed by atoms with Crippen molar-refractivity contribution in [2.45, 2.75) is 26.4 Å². The number of aryl methyl sites for hydroxylation is 1. The first-order valence-corrected chi connectivity index (χ1v) is 9.21. The van der Waals surface area contributed by atoms with Crippen LogP contribution in [-0.4, -0.2) is 58.5 Å². The highest BCUT2D eigenvalue weighted by atomic mass is 19.3. The second-order valence-electron chi connectivity index (χ2n) is 7.01. The Morgan fingerprint density at radius 2 is 1.89 bits per heavy atom. The van der Waals surface area contributed by atoms with Gasteiger partial charge in [0.25, 0.3) is 6.43 Å². The van der Waals surface area contributed by atoms with Crippen LogP contribution >= 0.6 is 0 Å². The molecule has 2 aliphatic heterocycles. The zero-order chi connectivity index (χ0) is 19.7. The van der Waals surface area contributed by atoms with E-state index < -0.39 is 6.43 Å². The van der Waals surface area contributed by atoms with Gasteiger partial charge in [-0.2, -0.15) is 5.10 Å². The molecule has 3 heterocycles. The summed E-state index contributed by atoms with van der Waals surface area (Å²) in [6, 6.07) is 7.24. The van der Waals surface area contributed by atoms with Crippen LogP contribution in [0.15, 0.2) is 24.3 Å². The number of nitrogens with zero attached hydrogens (tertiary/aromatic N) is 4. The fourth-order valence-corrected chi connectivity index (χ4v) is 3.48. The van der Waals surface area contributed by atoms with Crippen molar-refractivity contribution in [3.63, 3.8) is 0 Å². The van der Waals surface area contributed by atoms with E-state index in [2.05, 4.69) is 10.00 Å². The van der Waals surface area contributed by atoms with E-state index in [1.165, 1.54) is 10.7 Å². The third-order valence-corrected chi connectivity index (χ3v) is 5.08. The van der Waals surface area contributed by atoms with E-state index >= 15 is 0 Å². The highest BCUT2D eigenvalue weighted by molar-refractivity contribution is 5.76. The van der Waals surface area contributed by atoms with Gasteiger partial charge in [0.1, 0.15) is 12.2 Å². The van der Waals surface area contributed by atoms with Crippen molar-refractivity contribution >= 4 is 5.91 Å². The quantitative estimate of drug-likeness (QED) is 0.781. The van der Waals surface area contributed by atoms with Crippen molar-refractivity contribution in [2.24, 2.45) is 0 Å². The summed E-state index contributed by atoms with van der Waals surface area (Å²) in [7, 11) is 0. The molecule has 1 saturated heterocycles. The van der Waals surface area contributed by atoms with Crippen molar-refractivity contribution in [3.05, 3.63) is 41.2 Å². The Labute approximate surface area is 161 Å². The number of benzene rings is 1. The average Bonchev–Trinajstić information content (AvgIpc) is 3.29. The Balaban J connectivity index is 1.29. The molecule has 1 fully saturated rings. The smallest absolute Gasteiger partial charge is 0.282 e.